The molecule has 0 amide bonds. The van der Waals surface area contributed by atoms with Gasteiger partial charge in [-0.25, -0.2) is 0 Å². The lowest BCUT2D eigenvalue weighted by Crippen LogP contribution is -2.93. The van der Waals surface area contributed by atoms with E-state index in [4.69, 9.17) is 9.15 Å². The molecule has 0 aromatic carbocycles. The van der Waals surface area contributed by atoms with E-state index in [9.17, 15) is 4.79 Å². The van der Waals surface area contributed by atoms with E-state index in [1.54, 1.807) is 11.8 Å². The molecule has 1 aromatic heterocycles. The van der Waals surface area contributed by atoms with Crippen LogP contribution in [0.25, 0.3) is 0 Å². The molecule has 1 aliphatic heterocycles. The number of fused-ring (bicyclic) bond motifs is 2. The first-order valence-electron chi connectivity index (χ1n) is 12.3. The van der Waals surface area contributed by atoms with E-state index in [0.29, 0.717) is 17.9 Å². The number of ether oxygens (including phenoxy) is 1. The van der Waals surface area contributed by atoms with Gasteiger partial charge in [0.15, 0.2) is 0 Å². The van der Waals surface area contributed by atoms with Crippen LogP contribution in [0, 0.1) is 29.1 Å². The summed E-state index contributed by atoms with van der Waals surface area (Å²) in [5.74, 6) is 2.75. The van der Waals surface area contributed by atoms with Crippen LogP contribution in [0.2, 0.25) is 0 Å². The fourth-order valence-corrected chi connectivity index (χ4v) is 7.12. The molecule has 4 nitrogen and oxygen atoms in total. The summed E-state index contributed by atoms with van der Waals surface area (Å²) in [6, 6.07) is 4.68. The van der Waals surface area contributed by atoms with Gasteiger partial charge >= 0.3 is 5.97 Å². The highest BCUT2D eigenvalue weighted by Gasteiger charge is 2.52. The molecule has 4 heteroatoms. The average Bonchev–Trinajstić information content (AvgIpc) is 3.33. The van der Waals surface area contributed by atoms with Crippen LogP contribution >= 0.6 is 0 Å². The third kappa shape index (κ3) is 3.77. The second-order valence-electron chi connectivity index (χ2n) is 10.8. The summed E-state index contributed by atoms with van der Waals surface area (Å²) in [6.45, 7) is 5.65. The van der Waals surface area contributed by atoms with Gasteiger partial charge in [0.2, 0.25) is 0 Å². The number of nitrogens with two attached hydrogens (primary N) is 1. The highest BCUT2D eigenvalue weighted by atomic mass is 16.6. The first kappa shape index (κ1) is 20.4. The SMILES string of the molecule is C[C@H]1CCC[C@]2(C)C[C@H]3OC(=O)[C@H](C[NH2+][C@H]4CCCC[C@@H]4Cc4ccco4)[C@H]3C=C12. The van der Waals surface area contributed by atoms with E-state index < -0.39 is 0 Å². The van der Waals surface area contributed by atoms with Gasteiger partial charge < -0.3 is 14.5 Å². The van der Waals surface area contributed by atoms with E-state index in [0.717, 1.165) is 25.1 Å². The molecule has 2 heterocycles. The molecule has 30 heavy (non-hydrogen) atoms. The molecule has 4 aliphatic rings. The smallest absolute Gasteiger partial charge is 0.315 e. The van der Waals surface area contributed by atoms with Crippen LogP contribution in [0.4, 0.5) is 0 Å². The lowest BCUT2D eigenvalue weighted by atomic mass is 9.59. The van der Waals surface area contributed by atoms with Crippen LogP contribution in [-0.2, 0) is 16.0 Å². The second-order valence-corrected chi connectivity index (χ2v) is 10.8. The molecule has 2 N–H and O–H groups in total. The predicted octanol–water partition coefficient (Wildman–Crippen LogP) is 4.26. The molecule has 0 unspecified atom stereocenters. The fourth-order valence-electron chi connectivity index (χ4n) is 7.12. The summed E-state index contributed by atoms with van der Waals surface area (Å²) in [5, 5.41) is 2.48. The molecule has 2 saturated carbocycles. The average molecular weight is 413 g/mol. The van der Waals surface area contributed by atoms with Crippen LogP contribution < -0.4 is 5.32 Å². The van der Waals surface area contributed by atoms with E-state index in [-0.39, 0.29) is 29.3 Å². The number of quaternary nitrogens is 1. The lowest BCUT2D eigenvalue weighted by Gasteiger charge is -2.45. The van der Waals surface area contributed by atoms with E-state index in [1.807, 2.05) is 6.07 Å². The van der Waals surface area contributed by atoms with Crippen molar-refractivity contribution < 1.29 is 19.3 Å². The Kier molecular flexibility index (Phi) is 5.55. The number of furan rings is 1. The fraction of sp³-hybridized carbons (Fsp3) is 0.731. The molecule has 7 atom stereocenters. The second kappa shape index (κ2) is 8.18. The number of rotatable bonds is 5. The number of carbonyl (C=O) groups is 1. The van der Waals surface area contributed by atoms with E-state index in [2.05, 4.69) is 31.3 Å². The molecular formula is C26H38NO3+. The molecular weight excluding hydrogens is 374 g/mol. The number of esters is 1. The van der Waals surface area contributed by atoms with Gasteiger partial charge in [-0.05, 0) is 62.0 Å². The quantitative estimate of drug-likeness (QED) is 0.581. The van der Waals surface area contributed by atoms with Gasteiger partial charge in [0.05, 0.1) is 18.8 Å². The number of allylic oxidation sites excluding steroid dienone is 1. The Bertz CT molecular complexity index is 784. The van der Waals surface area contributed by atoms with Crippen LogP contribution in [0.3, 0.4) is 0 Å². The summed E-state index contributed by atoms with van der Waals surface area (Å²) in [4.78, 5) is 12.9. The van der Waals surface area contributed by atoms with Gasteiger partial charge in [0.1, 0.15) is 17.8 Å². The van der Waals surface area contributed by atoms with Crippen molar-refractivity contribution in [2.24, 2.45) is 29.1 Å². The molecule has 3 fully saturated rings. The first-order valence-corrected chi connectivity index (χ1v) is 12.3. The zero-order valence-electron chi connectivity index (χ0n) is 18.6. The maximum atomic E-state index is 12.9. The molecule has 0 bridgehead atoms. The van der Waals surface area contributed by atoms with Crippen LogP contribution in [0.15, 0.2) is 34.5 Å². The van der Waals surface area contributed by atoms with Gasteiger partial charge in [0, 0.05) is 18.3 Å². The molecule has 1 aromatic rings. The minimum Gasteiger partial charge on any atom is -0.469 e. The van der Waals surface area contributed by atoms with Crippen molar-refractivity contribution in [2.75, 3.05) is 6.54 Å². The molecule has 0 spiro atoms. The Labute approximate surface area is 180 Å². The monoisotopic (exact) mass is 412 g/mol. The Balaban J connectivity index is 1.28. The van der Waals surface area contributed by atoms with Crippen molar-refractivity contribution in [1.82, 2.24) is 0 Å². The van der Waals surface area contributed by atoms with E-state index in [1.165, 1.54) is 44.9 Å². The van der Waals surface area contributed by atoms with E-state index >= 15 is 0 Å². The third-order valence-electron chi connectivity index (χ3n) is 8.79. The maximum absolute atomic E-state index is 12.9. The minimum atomic E-state index is 0.0207. The summed E-state index contributed by atoms with van der Waals surface area (Å²) >= 11 is 0. The van der Waals surface area contributed by atoms with Crippen molar-refractivity contribution in [1.29, 1.82) is 0 Å². The summed E-state index contributed by atoms with van der Waals surface area (Å²) in [6.07, 6.45) is 15.4. The highest BCUT2D eigenvalue weighted by molar-refractivity contribution is 5.76. The van der Waals surface area contributed by atoms with Gasteiger partial charge in [0.25, 0.3) is 0 Å². The van der Waals surface area contributed by atoms with Crippen molar-refractivity contribution in [3.8, 4) is 0 Å². The van der Waals surface area contributed by atoms with Crippen molar-refractivity contribution in [3.63, 3.8) is 0 Å². The van der Waals surface area contributed by atoms with Crippen molar-refractivity contribution in [2.45, 2.75) is 83.8 Å². The Morgan fingerprint density at radius 3 is 2.90 bits per heavy atom. The standard InChI is InChI=1S/C26H37NO3/c1-17-7-5-11-26(2)15-24-20(14-22(17)26)21(25(28)30-24)16-27-23-10-4-3-8-18(23)13-19-9-6-12-29-19/h6,9,12,14,17-18,20-21,23-24,27H,3-5,7-8,10-11,13,15-16H2,1-2H3/p+1/t17-,18+,20+,21+,23-,24+,26+/m0/s1. The Morgan fingerprint density at radius 2 is 2.07 bits per heavy atom. The zero-order chi connectivity index (χ0) is 20.7. The zero-order valence-corrected chi connectivity index (χ0v) is 18.6. The Morgan fingerprint density at radius 1 is 1.20 bits per heavy atom. The van der Waals surface area contributed by atoms with Gasteiger partial charge in [-0.3, -0.25) is 4.79 Å². The Hall–Kier alpha value is -1.55. The normalized spacial score (nSPS) is 41.0. The third-order valence-corrected chi connectivity index (χ3v) is 8.79. The van der Waals surface area contributed by atoms with Crippen molar-refractivity contribution >= 4 is 5.97 Å². The summed E-state index contributed by atoms with van der Waals surface area (Å²) in [5.41, 5.74) is 1.86. The van der Waals surface area contributed by atoms with Crippen LogP contribution in [-0.4, -0.2) is 24.7 Å². The topological polar surface area (TPSA) is 56.0 Å². The molecule has 1 saturated heterocycles. The molecule has 164 valence electrons. The lowest BCUT2D eigenvalue weighted by molar-refractivity contribution is -0.702. The predicted molar refractivity (Wildman–Crippen MR) is 116 cm³/mol. The maximum Gasteiger partial charge on any atom is 0.315 e. The summed E-state index contributed by atoms with van der Waals surface area (Å²) in [7, 11) is 0. The minimum absolute atomic E-state index is 0.0207. The summed E-state index contributed by atoms with van der Waals surface area (Å²) < 4.78 is 11.6. The molecule has 5 rings (SSSR count). The van der Waals surface area contributed by atoms with Gasteiger partial charge in [-0.2, -0.15) is 0 Å². The van der Waals surface area contributed by atoms with Gasteiger partial charge in [-0.1, -0.05) is 38.3 Å². The highest BCUT2D eigenvalue weighted by Crippen LogP contribution is 2.53. The number of hydrogen-bond acceptors (Lipinski definition) is 3. The number of carbonyl (C=O) groups excluding carboxylic acids is 1. The molecule has 0 radical (unpaired) electrons. The first-order chi connectivity index (χ1) is 14.5. The largest absolute Gasteiger partial charge is 0.469 e. The molecule has 3 aliphatic carbocycles. The van der Waals surface area contributed by atoms with Gasteiger partial charge in [-0.15, -0.1) is 0 Å². The number of hydrogen-bond donors (Lipinski definition) is 1. The van der Waals surface area contributed by atoms with Crippen LogP contribution in [0.1, 0.15) is 71.0 Å². The van der Waals surface area contributed by atoms with Crippen LogP contribution in [0.5, 0.6) is 0 Å². The van der Waals surface area contributed by atoms with Crippen molar-refractivity contribution in [3.05, 3.63) is 35.8 Å².